The topological polar surface area (TPSA) is 74.4 Å². The summed E-state index contributed by atoms with van der Waals surface area (Å²) in [7, 11) is -1.42. The average molecular weight is 414 g/mol. The van der Waals surface area contributed by atoms with Gasteiger partial charge in [-0.25, -0.2) is 12.7 Å². The van der Waals surface area contributed by atoms with Crippen molar-refractivity contribution >= 4 is 26.6 Å². The van der Waals surface area contributed by atoms with Crippen molar-refractivity contribution in [3.05, 3.63) is 54.1 Å². The molecular weight excluding hydrogens is 386 g/mol. The average Bonchev–Trinajstić information content (AvgIpc) is 3.13. The van der Waals surface area contributed by atoms with Crippen molar-refractivity contribution in [1.29, 1.82) is 0 Å². The van der Waals surface area contributed by atoms with E-state index in [4.69, 9.17) is 4.74 Å². The SMILES string of the molecule is COCc1cc(NC2CCN(S(C)(=O)=O)CC2)c2[nH]c(-c3ccccc3)cc2c1. The Labute approximate surface area is 171 Å². The molecular formula is C22H27N3O3S. The van der Waals surface area contributed by atoms with Crippen molar-refractivity contribution in [3.63, 3.8) is 0 Å². The minimum Gasteiger partial charge on any atom is -0.381 e. The highest BCUT2D eigenvalue weighted by molar-refractivity contribution is 7.88. The fraction of sp³-hybridized carbons (Fsp3) is 0.364. The van der Waals surface area contributed by atoms with Gasteiger partial charge in [0.1, 0.15) is 0 Å². The zero-order chi connectivity index (χ0) is 20.4. The number of piperidine rings is 1. The summed E-state index contributed by atoms with van der Waals surface area (Å²) in [6.07, 6.45) is 2.85. The number of ether oxygens (including phenoxy) is 1. The van der Waals surface area contributed by atoms with Gasteiger partial charge in [-0.2, -0.15) is 0 Å². The van der Waals surface area contributed by atoms with Crippen molar-refractivity contribution < 1.29 is 13.2 Å². The molecule has 154 valence electrons. The van der Waals surface area contributed by atoms with Gasteiger partial charge in [0.15, 0.2) is 0 Å². The van der Waals surface area contributed by atoms with E-state index in [9.17, 15) is 8.42 Å². The minimum absolute atomic E-state index is 0.234. The Morgan fingerprint density at radius 2 is 1.86 bits per heavy atom. The first kappa shape index (κ1) is 19.9. The van der Waals surface area contributed by atoms with Crippen molar-refractivity contribution in [3.8, 4) is 11.3 Å². The van der Waals surface area contributed by atoms with E-state index in [1.165, 1.54) is 6.26 Å². The number of methoxy groups -OCH3 is 1. The first-order valence-electron chi connectivity index (χ1n) is 9.85. The maximum absolute atomic E-state index is 11.8. The van der Waals surface area contributed by atoms with Gasteiger partial charge in [-0.05, 0) is 42.2 Å². The van der Waals surface area contributed by atoms with Crippen LogP contribution in [0.25, 0.3) is 22.2 Å². The van der Waals surface area contributed by atoms with Crippen LogP contribution in [-0.2, 0) is 21.4 Å². The highest BCUT2D eigenvalue weighted by Crippen LogP contribution is 2.32. The normalized spacial score (nSPS) is 16.3. The molecule has 1 aliphatic rings. The van der Waals surface area contributed by atoms with Crippen molar-refractivity contribution in [2.45, 2.75) is 25.5 Å². The monoisotopic (exact) mass is 413 g/mol. The molecule has 0 bridgehead atoms. The van der Waals surface area contributed by atoms with Crippen LogP contribution in [0.15, 0.2) is 48.5 Å². The summed E-state index contributed by atoms with van der Waals surface area (Å²) in [5, 5.41) is 4.78. The molecule has 29 heavy (non-hydrogen) atoms. The predicted molar refractivity (Wildman–Crippen MR) is 118 cm³/mol. The molecule has 2 heterocycles. The van der Waals surface area contributed by atoms with Gasteiger partial charge in [-0.1, -0.05) is 30.3 Å². The number of hydrogen-bond acceptors (Lipinski definition) is 4. The molecule has 4 rings (SSSR count). The zero-order valence-corrected chi connectivity index (χ0v) is 17.6. The predicted octanol–water partition coefficient (Wildman–Crippen LogP) is 3.82. The van der Waals surface area contributed by atoms with Crippen LogP contribution < -0.4 is 5.32 Å². The number of rotatable bonds is 6. The van der Waals surface area contributed by atoms with Gasteiger partial charge in [0.2, 0.25) is 10.0 Å². The van der Waals surface area contributed by atoms with Crippen LogP contribution >= 0.6 is 0 Å². The van der Waals surface area contributed by atoms with Gasteiger partial charge in [-0.15, -0.1) is 0 Å². The molecule has 1 fully saturated rings. The molecule has 0 spiro atoms. The number of aromatic amines is 1. The Bertz CT molecular complexity index is 1090. The molecule has 2 aromatic carbocycles. The Kier molecular flexibility index (Phi) is 5.63. The van der Waals surface area contributed by atoms with E-state index in [-0.39, 0.29) is 6.04 Å². The number of anilines is 1. The fourth-order valence-corrected chi connectivity index (χ4v) is 4.87. The molecule has 0 unspecified atom stereocenters. The number of nitrogens with one attached hydrogen (secondary N) is 2. The highest BCUT2D eigenvalue weighted by Gasteiger charge is 2.25. The highest BCUT2D eigenvalue weighted by atomic mass is 32.2. The van der Waals surface area contributed by atoms with Gasteiger partial charge in [0, 0.05) is 37.3 Å². The summed E-state index contributed by atoms with van der Waals surface area (Å²) < 4.78 is 30.4. The molecule has 6 nitrogen and oxygen atoms in total. The molecule has 2 N–H and O–H groups in total. The molecule has 0 saturated carbocycles. The third-order valence-corrected chi connectivity index (χ3v) is 6.77. The van der Waals surface area contributed by atoms with Crippen molar-refractivity contribution in [1.82, 2.24) is 9.29 Å². The second kappa shape index (κ2) is 8.18. The van der Waals surface area contributed by atoms with Gasteiger partial charge >= 0.3 is 0 Å². The van der Waals surface area contributed by atoms with E-state index in [2.05, 4.69) is 40.6 Å². The minimum atomic E-state index is -3.12. The molecule has 7 heteroatoms. The number of sulfonamides is 1. The zero-order valence-electron chi connectivity index (χ0n) is 16.8. The lowest BCUT2D eigenvalue weighted by Gasteiger charge is -2.31. The second-order valence-electron chi connectivity index (χ2n) is 7.67. The Morgan fingerprint density at radius 1 is 1.14 bits per heavy atom. The lowest BCUT2D eigenvalue weighted by Crippen LogP contribution is -2.41. The maximum atomic E-state index is 11.8. The Morgan fingerprint density at radius 3 is 2.52 bits per heavy atom. The van der Waals surface area contributed by atoms with Crippen LogP contribution in [0.5, 0.6) is 0 Å². The van der Waals surface area contributed by atoms with Gasteiger partial charge < -0.3 is 15.0 Å². The standard InChI is InChI=1S/C22H27N3O3S/c1-28-15-16-12-18-14-20(17-6-4-3-5-7-17)24-22(18)21(13-16)23-19-8-10-25(11-9-19)29(2,26)27/h3-7,12-14,19,23-24H,8-11,15H2,1-2H3. The van der Waals surface area contributed by atoms with E-state index < -0.39 is 10.0 Å². The first-order valence-corrected chi connectivity index (χ1v) is 11.7. The molecule has 1 aliphatic heterocycles. The van der Waals surface area contributed by atoms with E-state index >= 15 is 0 Å². The third kappa shape index (κ3) is 4.47. The summed E-state index contributed by atoms with van der Waals surface area (Å²) in [6.45, 7) is 1.65. The molecule has 1 aromatic heterocycles. The Balaban J connectivity index is 1.63. The lowest BCUT2D eigenvalue weighted by molar-refractivity contribution is 0.185. The number of benzene rings is 2. The number of fused-ring (bicyclic) bond motifs is 1. The van der Waals surface area contributed by atoms with Crippen LogP contribution in [0, 0.1) is 0 Å². The molecule has 3 aromatic rings. The van der Waals surface area contributed by atoms with Crippen molar-refractivity contribution in [2.75, 3.05) is 31.8 Å². The summed E-state index contributed by atoms with van der Waals surface area (Å²) >= 11 is 0. The van der Waals surface area contributed by atoms with Gasteiger partial charge in [-0.3, -0.25) is 0 Å². The number of nitrogens with zero attached hydrogens (tertiary/aromatic N) is 1. The second-order valence-corrected chi connectivity index (χ2v) is 9.65. The van der Waals surface area contributed by atoms with Gasteiger partial charge in [0.25, 0.3) is 0 Å². The third-order valence-electron chi connectivity index (χ3n) is 5.47. The quantitative estimate of drug-likeness (QED) is 0.644. The van der Waals surface area contributed by atoms with Gasteiger partial charge in [0.05, 0.1) is 24.1 Å². The smallest absolute Gasteiger partial charge is 0.211 e. The van der Waals surface area contributed by atoms with Crippen LogP contribution in [0.3, 0.4) is 0 Å². The van der Waals surface area contributed by atoms with E-state index in [1.54, 1.807) is 11.4 Å². The molecule has 1 saturated heterocycles. The molecule has 0 aliphatic carbocycles. The summed E-state index contributed by atoms with van der Waals surface area (Å²) in [5.41, 5.74) is 5.42. The number of H-pyrrole nitrogens is 1. The summed E-state index contributed by atoms with van der Waals surface area (Å²) in [5.74, 6) is 0. The van der Waals surface area contributed by atoms with Crippen LogP contribution in [-0.4, -0.2) is 50.2 Å². The lowest BCUT2D eigenvalue weighted by atomic mass is 10.0. The van der Waals surface area contributed by atoms with E-state index in [1.807, 2.05) is 18.2 Å². The van der Waals surface area contributed by atoms with E-state index in [0.29, 0.717) is 19.7 Å². The first-order chi connectivity index (χ1) is 13.9. The van der Waals surface area contributed by atoms with Crippen molar-refractivity contribution in [2.24, 2.45) is 0 Å². The molecule has 0 atom stereocenters. The molecule has 0 amide bonds. The Hall–Kier alpha value is -2.35. The van der Waals surface area contributed by atoms with Crippen LogP contribution in [0.1, 0.15) is 18.4 Å². The summed E-state index contributed by atoms with van der Waals surface area (Å²) in [4.78, 5) is 3.56. The maximum Gasteiger partial charge on any atom is 0.211 e. The number of aromatic nitrogens is 1. The van der Waals surface area contributed by atoms with Crippen LogP contribution in [0.2, 0.25) is 0 Å². The largest absolute Gasteiger partial charge is 0.381 e. The summed E-state index contributed by atoms with van der Waals surface area (Å²) in [6, 6.07) is 16.9. The van der Waals surface area contributed by atoms with Crippen LogP contribution in [0.4, 0.5) is 5.69 Å². The molecule has 0 radical (unpaired) electrons. The van der Waals surface area contributed by atoms with E-state index in [0.717, 1.165) is 46.3 Å². The fourth-order valence-electron chi connectivity index (χ4n) is 3.99. The number of hydrogen-bond donors (Lipinski definition) is 2.